The maximum atomic E-state index is 10.8. The Labute approximate surface area is 95.5 Å². The first-order valence-corrected chi connectivity index (χ1v) is 6.40. The molecule has 0 aromatic carbocycles. The highest BCUT2D eigenvalue weighted by Gasteiger charge is 2.15. The summed E-state index contributed by atoms with van der Waals surface area (Å²) in [7, 11) is -4.13. The van der Waals surface area contributed by atoms with Gasteiger partial charge in [0.05, 0.1) is 6.16 Å². The quantitative estimate of drug-likeness (QED) is 0.697. The van der Waals surface area contributed by atoms with E-state index in [2.05, 4.69) is 4.98 Å². The molecule has 0 aliphatic rings. The lowest BCUT2D eigenvalue weighted by atomic mass is 10.3. The first kappa shape index (κ1) is 11.8. The summed E-state index contributed by atoms with van der Waals surface area (Å²) in [6.07, 6.45) is 2.46. The highest BCUT2D eigenvalue weighted by molar-refractivity contribution is 7.50. The zero-order chi connectivity index (χ0) is 12.6. The van der Waals surface area contributed by atoms with Gasteiger partial charge in [-0.05, 0) is 17.7 Å². The van der Waals surface area contributed by atoms with Gasteiger partial charge < -0.3 is 19.3 Å². The molecule has 0 unspecified atom stereocenters. The molecule has 0 spiro atoms. The molecule has 0 aliphatic carbocycles. The van der Waals surface area contributed by atoms with Crippen LogP contribution in [0.2, 0.25) is 0 Å². The van der Waals surface area contributed by atoms with Gasteiger partial charge in [0.15, 0.2) is 5.69 Å². The van der Waals surface area contributed by atoms with E-state index in [1.54, 1.807) is 0 Å². The normalized spacial score (nSPS) is 11.9. The van der Waals surface area contributed by atoms with Crippen LogP contribution in [0, 0.1) is 0 Å². The Kier molecular flexibility index (Phi) is 2.74. The Bertz CT molecular complexity index is 629. The summed E-state index contributed by atoms with van der Waals surface area (Å²) in [5.41, 5.74) is 0.639. The summed E-state index contributed by atoms with van der Waals surface area (Å²) in [4.78, 5) is 32.2. The fraction of sp³-hybridized carbons (Fsp3) is 0.111. The topological polar surface area (TPSA) is 112 Å². The van der Waals surface area contributed by atoms with Crippen molar-refractivity contribution in [3.63, 3.8) is 0 Å². The van der Waals surface area contributed by atoms with Crippen molar-refractivity contribution in [2.24, 2.45) is 0 Å². The molecule has 0 bridgehead atoms. The molecule has 3 N–H and O–H groups in total. The van der Waals surface area contributed by atoms with Crippen molar-refractivity contribution in [3.8, 4) is 0 Å². The number of hydrogen-bond acceptors (Lipinski definition) is 3. The van der Waals surface area contributed by atoms with Gasteiger partial charge in [0.1, 0.15) is 5.65 Å². The summed E-state index contributed by atoms with van der Waals surface area (Å²) < 4.78 is 12.3. The molecule has 0 atom stereocenters. The third-order valence-electron chi connectivity index (χ3n) is 2.13. The predicted octanol–water partition coefficient (Wildman–Crippen LogP) is 0.710. The lowest BCUT2D eigenvalue weighted by Crippen LogP contribution is -1.94. The number of imidazole rings is 1. The first-order chi connectivity index (χ1) is 7.85. The second-order valence-corrected chi connectivity index (χ2v) is 5.20. The number of fused-ring (bicyclic) bond motifs is 1. The summed E-state index contributed by atoms with van der Waals surface area (Å²) >= 11 is 0. The Morgan fingerprint density at radius 2 is 2.18 bits per heavy atom. The van der Waals surface area contributed by atoms with Gasteiger partial charge in [-0.3, -0.25) is 4.57 Å². The molecule has 7 nitrogen and oxygen atoms in total. The van der Waals surface area contributed by atoms with Gasteiger partial charge in [-0.25, -0.2) is 9.78 Å². The van der Waals surface area contributed by atoms with Crippen molar-refractivity contribution in [1.82, 2.24) is 9.38 Å². The monoisotopic (exact) mass is 256 g/mol. The van der Waals surface area contributed by atoms with Crippen molar-refractivity contribution in [3.05, 3.63) is 35.8 Å². The molecule has 0 amide bonds. The standard InChI is InChI=1S/C9H9N2O5P/c12-9(13)7-4-11-2-1-6(3-8(11)10-7)5-17(14,15)16/h1-4H,5H2,(H,12,13)(H2,14,15,16). The minimum absolute atomic E-state index is 0.113. The molecule has 0 saturated heterocycles. The smallest absolute Gasteiger partial charge is 0.356 e. The van der Waals surface area contributed by atoms with Gasteiger partial charge in [-0.15, -0.1) is 0 Å². The van der Waals surface area contributed by atoms with Crippen LogP contribution < -0.4 is 0 Å². The lowest BCUT2D eigenvalue weighted by Gasteiger charge is -2.03. The van der Waals surface area contributed by atoms with Crippen LogP contribution in [0.4, 0.5) is 0 Å². The third kappa shape index (κ3) is 2.71. The van der Waals surface area contributed by atoms with Gasteiger partial charge in [0, 0.05) is 12.4 Å². The SMILES string of the molecule is O=C(O)c1cn2ccc(CP(=O)(O)O)cc2n1. The Hall–Kier alpha value is -1.69. The fourth-order valence-corrected chi connectivity index (χ4v) is 2.14. The summed E-state index contributed by atoms with van der Waals surface area (Å²) in [6, 6.07) is 2.96. The maximum absolute atomic E-state index is 10.8. The predicted molar refractivity (Wildman–Crippen MR) is 57.9 cm³/mol. The Balaban J connectivity index is 2.43. The molecule has 8 heteroatoms. The zero-order valence-electron chi connectivity index (χ0n) is 8.52. The zero-order valence-corrected chi connectivity index (χ0v) is 9.41. The van der Waals surface area contributed by atoms with Crippen LogP contribution in [-0.4, -0.2) is 30.2 Å². The highest BCUT2D eigenvalue weighted by Crippen LogP contribution is 2.39. The molecular weight excluding hydrogens is 247 g/mol. The maximum Gasteiger partial charge on any atom is 0.356 e. The largest absolute Gasteiger partial charge is 0.476 e. The van der Waals surface area contributed by atoms with Crippen LogP contribution in [0.15, 0.2) is 24.5 Å². The molecule has 0 saturated carbocycles. The number of carbonyl (C=O) groups is 1. The second kappa shape index (κ2) is 3.96. The van der Waals surface area contributed by atoms with E-state index in [0.29, 0.717) is 11.2 Å². The van der Waals surface area contributed by atoms with Crippen molar-refractivity contribution < 1.29 is 24.3 Å². The molecule has 2 heterocycles. The van der Waals surface area contributed by atoms with E-state index in [9.17, 15) is 9.36 Å². The van der Waals surface area contributed by atoms with Crippen LogP contribution in [0.3, 0.4) is 0 Å². The molecule has 0 aliphatic heterocycles. The van der Waals surface area contributed by atoms with E-state index >= 15 is 0 Å². The van der Waals surface area contributed by atoms with Crippen molar-refractivity contribution >= 4 is 19.2 Å². The van der Waals surface area contributed by atoms with Crippen LogP contribution >= 0.6 is 7.60 Å². The summed E-state index contributed by atoms with van der Waals surface area (Å²) in [5.74, 6) is -1.15. The number of aromatic carboxylic acids is 1. The first-order valence-electron chi connectivity index (χ1n) is 4.61. The Morgan fingerprint density at radius 1 is 1.47 bits per heavy atom. The van der Waals surface area contributed by atoms with Crippen molar-refractivity contribution in [2.45, 2.75) is 6.16 Å². The number of rotatable bonds is 3. The molecule has 17 heavy (non-hydrogen) atoms. The van der Waals surface area contributed by atoms with Crippen LogP contribution in [-0.2, 0) is 10.7 Å². The molecule has 0 radical (unpaired) electrons. The lowest BCUT2D eigenvalue weighted by molar-refractivity contribution is 0.0691. The van der Waals surface area contributed by atoms with E-state index in [-0.39, 0.29) is 5.69 Å². The van der Waals surface area contributed by atoms with Crippen molar-refractivity contribution in [1.29, 1.82) is 0 Å². The molecular formula is C9H9N2O5P. The average Bonchev–Trinajstić information content (AvgIpc) is 2.57. The van der Waals surface area contributed by atoms with E-state index in [4.69, 9.17) is 14.9 Å². The highest BCUT2D eigenvalue weighted by atomic mass is 31.2. The van der Waals surface area contributed by atoms with E-state index in [0.717, 1.165) is 0 Å². The molecule has 90 valence electrons. The third-order valence-corrected chi connectivity index (χ3v) is 2.91. The second-order valence-electron chi connectivity index (χ2n) is 3.55. The minimum Gasteiger partial charge on any atom is -0.476 e. The van der Waals surface area contributed by atoms with E-state index in [1.807, 2.05) is 0 Å². The van der Waals surface area contributed by atoms with Gasteiger partial charge in [0.25, 0.3) is 0 Å². The van der Waals surface area contributed by atoms with Gasteiger partial charge in [-0.1, -0.05) is 0 Å². The van der Waals surface area contributed by atoms with E-state index in [1.165, 1.54) is 28.9 Å². The Morgan fingerprint density at radius 3 is 2.76 bits per heavy atom. The number of carboxylic acids is 1. The molecule has 0 fully saturated rings. The minimum atomic E-state index is -4.13. The average molecular weight is 256 g/mol. The van der Waals surface area contributed by atoms with E-state index < -0.39 is 19.7 Å². The van der Waals surface area contributed by atoms with Gasteiger partial charge in [0.2, 0.25) is 0 Å². The van der Waals surface area contributed by atoms with Crippen LogP contribution in [0.5, 0.6) is 0 Å². The number of carboxylic acid groups (broad SMARTS) is 1. The number of nitrogens with zero attached hydrogens (tertiary/aromatic N) is 2. The van der Waals surface area contributed by atoms with Crippen LogP contribution in [0.25, 0.3) is 5.65 Å². The van der Waals surface area contributed by atoms with Gasteiger partial charge in [-0.2, -0.15) is 0 Å². The number of hydrogen-bond donors (Lipinski definition) is 3. The van der Waals surface area contributed by atoms with Gasteiger partial charge >= 0.3 is 13.6 Å². The molecule has 2 rings (SSSR count). The fourth-order valence-electron chi connectivity index (χ4n) is 1.46. The molecule has 2 aromatic rings. The summed E-state index contributed by atoms with van der Waals surface area (Å²) in [5, 5.41) is 8.74. The summed E-state index contributed by atoms with van der Waals surface area (Å²) in [6.45, 7) is 0. The van der Waals surface area contributed by atoms with Crippen LogP contribution in [0.1, 0.15) is 16.1 Å². The number of pyridine rings is 1. The van der Waals surface area contributed by atoms with Crippen molar-refractivity contribution in [2.75, 3.05) is 0 Å². The number of aromatic nitrogens is 2. The molecule has 2 aromatic heterocycles.